The van der Waals surface area contributed by atoms with Crippen molar-refractivity contribution in [3.8, 4) is 11.9 Å². The number of hydrogen-bond donors (Lipinski definition) is 1. The van der Waals surface area contributed by atoms with Crippen molar-refractivity contribution in [2.45, 2.75) is 82.8 Å². The van der Waals surface area contributed by atoms with Crippen molar-refractivity contribution in [2.24, 2.45) is 23.2 Å². The minimum atomic E-state index is 0.145. The molecule has 1 heterocycles. The van der Waals surface area contributed by atoms with Gasteiger partial charge in [0.2, 0.25) is 11.8 Å². The number of carbonyl (C=O) groups is 1. The monoisotopic (exact) mass is 393 g/mol. The van der Waals surface area contributed by atoms with Gasteiger partial charge in [-0.1, -0.05) is 0 Å². The minimum absolute atomic E-state index is 0.145. The Morgan fingerprint density at radius 1 is 1.10 bits per heavy atom. The second-order valence-electron chi connectivity index (χ2n) is 10.3. The summed E-state index contributed by atoms with van der Waals surface area (Å²) < 4.78 is 5.97. The molecule has 1 N–H and O–H groups in total. The summed E-state index contributed by atoms with van der Waals surface area (Å²) in [6.07, 6.45) is 14.4. The van der Waals surface area contributed by atoms with Crippen molar-refractivity contribution >= 4 is 5.91 Å². The topological polar surface area (TPSA) is 75.0 Å². The molecule has 0 saturated heterocycles. The van der Waals surface area contributed by atoms with Crippen LogP contribution in [-0.4, -0.2) is 23.0 Å². The lowest BCUT2D eigenvalue weighted by molar-refractivity contribution is -0.130. The fraction of sp³-hybridized carbons (Fsp3) is 0.708. The van der Waals surface area contributed by atoms with E-state index in [-0.39, 0.29) is 18.1 Å². The number of hydrogen-bond acceptors (Lipinski definition) is 4. The van der Waals surface area contributed by atoms with Crippen molar-refractivity contribution in [1.82, 2.24) is 10.3 Å². The second-order valence-corrected chi connectivity index (χ2v) is 10.3. The maximum atomic E-state index is 12.9. The molecule has 0 radical (unpaired) electrons. The van der Waals surface area contributed by atoms with Crippen LogP contribution in [0.4, 0.5) is 0 Å². The summed E-state index contributed by atoms with van der Waals surface area (Å²) >= 11 is 0. The quantitative estimate of drug-likeness (QED) is 0.806. The Morgan fingerprint density at radius 3 is 2.31 bits per heavy atom. The van der Waals surface area contributed by atoms with Gasteiger partial charge in [0, 0.05) is 24.7 Å². The van der Waals surface area contributed by atoms with Crippen molar-refractivity contribution in [2.75, 3.05) is 0 Å². The fourth-order valence-corrected chi connectivity index (χ4v) is 7.14. The molecule has 1 aromatic rings. The molecular weight excluding hydrogens is 362 g/mol. The summed E-state index contributed by atoms with van der Waals surface area (Å²) in [5.74, 6) is 3.57. The van der Waals surface area contributed by atoms with E-state index in [2.05, 4.69) is 16.4 Å². The molecule has 5 nitrogen and oxygen atoms in total. The number of nitrogens with zero attached hydrogens (tertiary/aromatic N) is 2. The molecule has 0 atom stereocenters. The maximum Gasteiger partial charge on any atom is 0.220 e. The average Bonchev–Trinajstić information content (AvgIpc) is 2.68. The molecule has 29 heavy (non-hydrogen) atoms. The Kier molecular flexibility index (Phi) is 4.97. The van der Waals surface area contributed by atoms with Crippen molar-refractivity contribution in [3.05, 3.63) is 23.9 Å². The van der Waals surface area contributed by atoms with Gasteiger partial charge in [-0.2, -0.15) is 5.26 Å². The largest absolute Gasteiger partial charge is 0.474 e. The Labute approximate surface area is 173 Å². The lowest BCUT2D eigenvalue weighted by atomic mass is 9.49. The van der Waals surface area contributed by atoms with E-state index in [4.69, 9.17) is 10.00 Å². The molecule has 5 aliphatic carbocycles. The number of carbonyl (C=O) groups excluding carboxylic acids is 1. The highest BCUT2D eigenvalue weighted by atomic mass is 16.5. The predicted molar refractivity (Wildman–Crippen MR) is 109 cm³/mol. The van der Waals surface area contributed by atoms with Gasteiger partial charge >= 0.3 is 0 Å². The standard InChI is InChI=1S/C24H31N3O2/c25-14-16-1-6-23(26-15-16)29-21-4-2-20(3-5-21)27-22(28)13-24-10-17-7-18(11-24)9-19(8-17)12-24/h1,6,15,17-21H,2-5,7-13H2,(H,27,28). The maximum absolute atomic E-state index is 12.9. The van der Waals surface area contributed by atoms with Gasteiger partial charge < -0.3 is 10.1 Å². The summed E-state index contributed by atoms with van der Waals surface area (Å²) in [5.41, 5.74) is 0.864. The fourth-order valence-electron chi connectivity index (χ4n) is 7.14. The predicted octanol–water partition coefficient (Wildman–Crippen LogP) is 4.37. The number of amides is 1. The lowest BCUT2D eigenvalue weighted by Gasteiger charge is -2.56. The first-order valence-corrected chi connectivity index (χ1v) is 11.4. The summed E-state index contributed by atoms with van der Waals surface area (Å²) in [4.78, 5) is 17.0. The van der Waals surface area contributed by atoms with E-state index in [1.807, 2.05) is 0 Å². The molecule has 6 rings (SSSR count). The first kappa shape index (κ1) is 18.9. The first-order valence-electron chi connectivity index (χ1n) is 11.4. The summed E-state index contributed by atoms with van der Waals surface area (Å²) in [5, 5.41) is 12.2. The first-order chi connectivity index (χ1) is 14.1. The van der Waals surface area contributed by atoms with Crippen LogP contribution in [0, 0.1) is 34.5 Å². The molecule has 1 amide bonds. The van der Waals surface area contributed by atoms with E-state index in [1.54, 1.807) is 18.3 Å². The van der Waals surface area contributed by atoms with Gasteiger partial charge in [0.1, 0.15) is 12.2 Å². The van der Waals surface area contributed by atoms with E-state index < -0.39 is 0 Å². The molecule has 154 valence electrons. The van der Waals surface area contributed by atoms with E-state index in [0.29, 0.717) is 16.9 Å². The summed E-state index contributed by atoms with van der Waals surface area (Å²) in [6, 6.07) is 5.85. The molecule has 0 aliphatic heterocycles. The third kappa shape index (κ3) is 4.13. The molecule has 5 heteroatoms. The van der Waals surface area contributed by atoms with Crippen LogP contribution in [-0.2, 0) is 4.79 Å². The van der Waals surface area contributed by atoms with Crippen LogP contribution in [0.5, 0.6) is 5.88 Å². The molecule has 5 fully saturated rings. The number of nitriles is 1. The zero-order valence-corrected chi connectivity index (χ0v) is 17.1. The van der Waals surface area contributed by atoms with Gasteiger partial charge in [0.25, 0.3) is 0 Å². The normalized spacial score (nSPS) is 37.7. The second kappa shape index (κ2) is 7.63. The zero-order chi connectivity index (χ0) is 19.8. The van der Waals surface area contributed by atoms with Crippen LogP contribution in [0.2, 0.25) is 0 Å². The zero-order valence-electron chi connectivity index (χ0n) is 17.1. The molecule has 0 aromatic carbocycles. The number of rotatable bonds is 5. The number of aromatic nitrogens is 1. The third-order valence-electron chi connectivity index (χ3n) is 7.89. The van der Waals surface area contributed by atoms with Gasteiger partial charge in [-0.25, -0.2) is 4.98 Å². The molecule has 1 aromatic heterocycles. The van der Waals surface area contributed by atoms with Crippen LogP contribution in [0.15, 0.2) is 18.3 Å². The van der Waals surface area contributed by atoms with Gasteiger partial charge in [-0.05, 0) is 93.4 Å². The highest BCUT2D eigenvalue weighted by Crippen LogP contribution is 2.61. The highest BCUT2D eigenvalue weighted by Gasteiger charge is 2.51. The average molecular weight is 394 g/mol. The Morgan fingerprint density at radius 2 is 1.76 bits per heavy atom. The Bertz CT molecular complexity index is 754. The van der Waals surface area contributed by atoms with Gasteiger partial charge in [-0.3, -0.25) is 4.79 Å². The molecular formula is C24H31N3O2. The molecule has 0 spiro atoms. The van der Waals surface area contributed by atoms with Gasteiger partial charge in [0.15, 0.2) is 0 Å². The minimum Gasteiger partial charge on any atom is -0.474 e. The Hall–Kier alpha value is -2.09. The van der Waals surface area contributed by atoms with Crippen molar-refractivity contribution in [3.63, 3.8) is 0 Å². The third-order valence-corrected chi connectivity index (χ3v) is 7.89. The number of nitrogens with one attached hydrogen (secondary N) is 1. The van der Waals surface area contributed by atoms with Gasteiger partial charge in [-0.15, -0.1) is 0 Å². The summed E-state index contributed by atoms with van der Waals surface area (Å²) in [6.45, 7) is 0. The molecule has 4 bridgehead atoms. The molecule has 5 saturated carbocycles. The lowest BCUT2D eigenvalue weighted by Crippen LogP contribution is -2.49. The van der Waals surface area contributed by atoms with Crippen LogP contribution >= 0.6 is 0 Å². The molecule has 0 unspecified atom stereocenters. The van der Waals surface area contributed by atoms with Gasteiger partial charge in [0.05, 0.1) is 5.56 Å². The van der Waals surface area contributed by atoms with E-state index in [1.165, 1.54) is 38.5 Å². The van der Waals surface area contributed by atoms with E-state index in [9.17, 15) is 4.79 Å². The van der Waals surface area contributed by atoms with E-state index in [0.717, 1.165) is 49.9 Å². The van der Waals surface area contributed by atoms with Crippen molar-refractivity contribution < 1.29 is 9.53 Å². The smallest absolute Gasteiger partial charge is 0.220 e. The summed E-state index contributed by atoms with van der Waals surface area (Å²) in [7, 11) is 0. The Balaban J connectivity index is 1.08. The van der Waals surface area contributed by atoms with Crippen LogP contribution < -0.4 is 10.1 Å². The highest BCUT2D eigenvalue weighted by molar-refractivity contribution is 5.77. The molecule has 5 aliphatic rings. The van der Waals surface area contributed by atoms with Crippen LogP contribution in [0.3, 0.4) is 0 Å². The van der Waals surface area contributed by atoms with Crippen molar-refractivity contribution in [1.29, 1.82) is 5.26 Å². The van der Waals surface area contributed by atoms with E-state index >= 15 is 0 Å². The number of ether oxygens (including phenoxy) is 1. The number of pyridine rings is 1. The van der Waals surface area contributed by atoms with Crippen LogP contribution in [0.1, 0.15) is 76.2 Å². The van der Waals surface area contributed by atoms with Crippen LogP contribution in [0.25, 0.3) is 0 Å². The SMILES string of the molecule is N#Cc1ccc(OC2CCC(NC(=O)CC34CC5CC(CC(C5)C3)C4)CC2)nc1.